The van der Waals surface area contributed by atoms with Gasteiger partial charge < -0.3 is 11.1 Å². The van der Waals surface area contributed by atoms with Gasteiger partial charge in [-0.05, 0) is 23.8 Å². The molecule has 1 aromatic heterocycles. The van der Waals surface area contributed by atoms with Gasteiger partial charge in [-0.1, -0.05) is 41.7 Å². The van der Waals surface area contributed by atoms with E-state index in [1.807, 2.05) is 42.5 Å². The Morgan fingerprint density at radius 2 is 2.00 bits per heavy atom. The fourth-order valence-corrected chi connectivity index (χ4v) is 2.74. The van der Waals surface area contributed by atoms with Crippen molar-refractivity contribution in [1.82, 2.24) is 10.3 Å². The summed E-state index contributed by atoms with van der Waals surface area (Å²) in [4.78, 5) is 16.3. The summed E-state index contributed by atoms with van der Waals surface area (Å²) in [6, 6.07) is 15.2. The number of nitrogen functional groups attached to an aromatic ring is 1. The lowest BCUT2D eigenvalue weighted by Crippen LogP contribution is -2.22. The quantitative estimate of drug-likeness (QED) is 0.776. The van der Waals surface area contributed by atoms with Gasteiger partial charge in [0, 0.05) is 12.1 Å². The molecule has 0 saturated heterocycles. The molecule has 3 aromatic rings. The van der Waals surface area contributed by atoms with Crippen LogP contribution in [-0.2, 0) is 6.54 Å². The van der Waals surface area contributed by atoms with E-state index in [0.29, 0.717) is 17.2 Å². The van der Waals surface area contributed by atoms with Crippen LogP contribution in [0.1, 0.15) is 15.9 Å². The number of thiazole rings is 1. The molecule has 0 saturated carbocycles. The van der Waals surface area contributed by atoms with Crippen LogP contribution in [0.2, 0.25) is 0 Å². The van der Waals surface area contributed by atoms with E-state index in [4.69, 9.17) is 5.73 Å². The van der Waals surface area contributed by atoms with Crippen LogP contribution >= 0.6 is 11.3 Å². The maximum Gasteiger partial charge on any atom is 0.251 e. The largest absolute Gasteiger partial charge is 0.375 e. The highest BCUT2D eigenvalue weighted by molar-refractivity contribution is 7.22. The summed E-state index contributed by atoms with van der Waals surface area (Å²) in [7, 11) is 0. The van der Waals surface area contributed by atoms with E-state index in [9.17, 15) is 4.79 Å². The molecule has 5 heteroatoms. The van der Waals surface area contributed by atoms with Crippen molar-refractivity contribution in [3.63, 3.8) is 0 Å². The molecule has 0 aliphatic heterocycles. The fourth-order valence-electron chi connectivity index (χ4n) is 1.96. The van der Waals surface area contributed by atoms with Gasteiger partial charge in [0.05, 0.1) is 10.2 Å². The summed E-state index contributed by atoms with van der Waals surface area (Å²) in [6.07, 6.45) is 0. The Morgan fingerprint density at radius 1 is 1.20 bits per heavy atom. The number of nitrogens with two attached hydrogens (primary N) is 1. The Hall–Kier alpha value is -2.40. The Morgan fingerprint density at radius 3 is 2.80 bits per heavy atom. The predicted octanol–water partition coefficient (Wildman–Crippen LogP) is 2.81. The number of amides is 1. The molecule has 0 bridgehead atoms. The standard InChI is InChI=1S/C15H13N3OS/c16-15-18-12-7-6-11(8-13(12)20-15)14(19)17-9-10-4-2-1-3-5-10/h1-8H,9H2,(H2,16,18)(H,17,19). The van der Waals surface area contributed by atoms with Crippen molar-refractivity contribution >= 4 is 32.6 Å². The van der Waals surface area contributed by atoms with Crippen LogP contribution in [0.3, 0.4) is 0 Å². The van der Waals surface area contributed by atoms with Crippen LogP contribution < -0.4 is 11.1 Å². The maximum atomic E-state index is 12.1. The minimum Gasteiger partial charge on any atom is -0.375 e. The molecule has 0 aliphatic carbocycles. The molecular weight excluding hydrogens is 270 g/mol. The first-order valence-electron chi connectivity index (χ1n) is 6.20. The van der Waals surface area contributed by atoms with Gasteiger partial charge in [-0.2, -0.15) is 0 Å². The zero-order valence-electron chi connectivity index (χ0n) is 10.7. The summed E-state index contributed by atoms with van der Waals surface area (Å²) in [5.41, 5.74) is 8.18. The van der Waals surface area contributed by atoms with Crippen LogP contribution in [0.4, 0.5) is 5.13 Å². The molecule has 100 valence electrons. The Balaban J connectivity index is 1.75. The number of carbonyl (C=O) groups is 1. The minimum atomic E-state index is -0.0947. The highest BCUT2D eigenvalue weighted by atomic mass is 32.1. The zero-order valence-corrected chi connectivity index (χ0v) is 11.5. The van der Waals surface area contributed by atoms with Crippen LogP contribution in [-0.4, -0.2) is 10.9 Å². The zero-order chi connectivity index (χ0) is 13.9. The number of rotatable bonds is 3. The molecule has 0 unspecified atom stereocenters. The maximum absolute atomic E-state index is 12.1. The van der Waals surface area contributed by atoms with Gasteiger partial charge in [0.2, 0.25) is 0 Å². The number of anilines is 1. The van der Waals surface area contributed by atoms with E-state index in [2.05, 4.69) is 10.3 Å². The first-order chi connectivity index (χ1) is 9.72. The summed E-state index contributed by atoms with van der Waals surface area (Å²) in [6.45, 7) is 0.516. The lowest BCUT2D eigenvalue weighted by atomic mass is 10.2. The smallest absolute Gasteiger partial charge is 0.251 e. The van der Waals surface area contributed by atoms with Crippen molar-refractivity contribution in [2.45, 2.75) is 6.54 Å². The molecule has 0 radical (unpaired) electrons. The number of aromatic nitrogens is 1. The predicted molar refractivity (Wildman–Crippen MR) is 81.6 cm³/mol. The van der Waals surface area contributed by atoms with Crippen molar-refractivity contribution in [2.75, 3.05) is 5.73 Å². The van der Waals surface area contributed by atoms with Gasteiger partial charge in [0.25, 0.3) is 5.91 Å². The number of nitrogens with zero attached hydrogens (tertiary/aromatic N) is 1. The van der Waals surface area contributed by atoms with Crippen molar-refractivity contribution in [2.24, 2.45) is 0 Å². The van der Waals surface area contributed by atoms with Gasteiger partial charge in [0.15, 0.2) is 5.13 Å². The van der Waals surface area contributed by atoms with Gasteiger partial charge >= 0.3 is 0 Å². The SMILES string of the molecule is Nc1nc2ccc(C(=O)NCc3ccccc3)cc2s1. The third-order valence-electron chi connectivity index (χ3n) is 2.96. The van der Waals surface area contributed by atoms with E-state index in [-0.39, 0.29) is 5.91 Å². The number of benzene rings is 2. The number of carbonyl (C=O) groups excluding carboxylic acids is 1. The topological polar surface area (TPSA) is 68.0 Å². The molecule has 3 rings (SSSR count). The van der Waals surface area contributed by atoms with Crippen LogP contribution in [0.15, 0.2) is 48.5 Å². The Kier molecular flexibility index (Phi) is 3.35. The second kappa shape index (κ2) is 5.30. The molecular formula is C15H13N3OS. The van der Waals surface area contributed by atoms with Gasteiger partial charge in [-0.15, -0.1) is 0 Å². The molecule has 20 heavy (non-hydrogen) atoms. The lowest BCUT2D eigenvalue weighted by Gasteiger charge is -2.05. The lowest BCUT2D eigenvalue weighted by molar-refractivity contribution is 0.0951. The van der Waals surface area contributed by atoms with Crippen LogP contribution in [0, 0.1) is 0 Å². The third kappa shape index (κ3) is 2.62. The van der Waals surface area contributed by atoms with E-state index >= 15 is 0 Å². The third-order valence-corrected chi connectivity index (χ3v) is 3.81. The minimum absolute atomic E-state index is 0.0947. The Bertz CT molecular complexity index is 752. The molecule has 1 amide bonds. The van der Waals surface area contributed by atoms with E-state index in [1.165, 1.54) is 11.3 Å². The van der Waals surface area contributed by atoms with Gasteiger partial charge in [-0.3, -0.25) is 4.79 Å². The van der Waals surface area contributed by atoms with E-state index < -0.39 is 0 Å². The van der Waals surface area contributed by atoms with Crippen LogP contribution in [0.5, 0.6) is 0 Å². The van der Waals surface area contributed by atoms with Crippen molar-refractivity contribution in [3.05, 3.63) is 59.7 Å². The normalized spacial score (nSPS) is 10.6. The number of hydrogen-bond acceptors (Lipinski definition) is 4. The average molecular weight is 283 g/mol. The van der Waals surface area contributed by atoms with E-state index in [0.717, 1.165) is 15.8 Å². The average Bonchev–Trinajstić information content (AvgIpc) is 2.85. The molecule has 4 nitrogen and oxygen atoms in total. The molecule has 1 heterocycles. The second-order valence-electron chi connectivity index (χ2n) is 4.40. The first kappa shape index (κ1) is 12.6. The van der Waals surface area contributed by atoms with Crippen molar-refractivity contribution < 1.29 is 4.79 Å². The highest BCUT2D eigenvalue weighted by Gasteiger charge is 2.08. The molecule has 0 aliphatic rings. The summed E-state index contributed by atoms with van der Waals surface area (Å²) in [5.74, 6) is -0.0947. The highest BCUT2D eigenvalue weighted by Crippen LogP contribution is 2.24. The molecule has 0 spiro atoms. The fraction of sp³-hybridized carbons (Fsp3) is 0.0667. The molecule has 0 atom stereocenters. The number of hydrogen-bond donors (Lipinski definition) is 2. The molecule has 0 fully saturated rings. The first-order valence-corrected chi connectivity index (χ1v) is 7.02. The summed E-state index contributed by atoms with van der Waals surface area (Å²) in [5, 5.41) is 3.42. The summed E-state index contributed by atoms with van der Waals surface area (Å²) < 4.78 is 0.926. The number of fused-ring (bicyclic) bond motifs is 1. The Labute approximate surface area is 120 Å². The molecule has 2 aromatic carbocycles. The molecule has 3 N–H and O–H groups in total. The monoisotopic (exact) mass is 283 g/mol. The second-order valence-corrected chi connectivity index (χ2v) is 5.47. The summed E-state index contributed by atoms with van der Waals surface area (Å²) >= 11 is 1.38. The van der Waals surface area contributed by atoms with Crippen molar-refractivity contribution in [1.29, 1.82) is 0 Å². The van der Waals surface area contributed by atoms with Crippen molar-refractivity contribution in [3.8, 4) is 0 Å². The van der Waals surface area contributed by atoms with Gasteiger partial charge in [-0.25, -0.2) is 4.98 Å². The van der Waals surface area contributed by atoms with E-state index in [1.54, 1.807) is 6.07 Å². The number of nitrogens with one attached hydrogen (secondary N) is 1. The van der Waals surface area contributed by atoms with Gasteiger partial charge in [0.1, 0.15) is 0 Å². The van der Waals surface area contributed by atoms with Crippen LogP contribution in [0.25, 0.3) is 10.2 Å².